The summed E-state index contributed by atoms with van der Waals surface area (Å²) < 4.78 is 0. The fourth-order valence-electron chi connectivity index (χ4n) is 2.49. The largest absolute Gasteiger partial charge is 0.480 e. The summed E-state index contributed by atoms with van der Waals surface area (Å²) in [6, 6.07) is 6.17. The number of carbonyl (C=O) groups is 1. The van der Waals surface area contributed by atoms with Crippen molar-refractivity contribution in [1.29, 1.82) is 0 Å². The van der Waals surface area contributed by atoms with Crippen LogP contribution in [0.3, 0.4) is 0 Å². The number of aliphatic carboxylic acids is 1. The molecule has 0 aromatic heterocycles. The molecule has 0 aliphatic carbocycles. The minimum absolute atomic E-state index is 0.0153. The van der Waals surface area contributed by atoms with E-state index in [9.17, 15) is 9.90 Å². The molecule has 3 nitrogen and oxygen atoms in total. The van der Waals surface area contributed by atoms with Crippen molar-refractivity contribution in [2.24, 2.45) is 0 Å². The maximum Gasteiger partial charge on any atom is 0.319 e. The quantitative estimate of drug-likeness (QED) is 0.855. The minimum Gasteiger partial charge on any atom is -0.480 e. The van der Waals surface area contributed by atoms with Crippen molar-refractivity contribution in [2.45, 2.75) is 49.3 Å². The van der Waals surface area contributed by atoms with E-state index >= 15 is 0 Å². The van der Waals surface area contributed by atoms with Gasteiger partial charge < -0.3 is 10.0 Å². The lowest BCUT2D eigenvalue weighted by molar-refractivity contribution is -0.136. The van der Waals surface area contributed by atoms with E-state index in [1.807, 2.05) is 26.1 Å². The summed E-state index contributed by atoms with van der Waals surface area (Å²) in [4.78, 5) is 14.5. The zero-order valence-electron chi connectivity index (χ0n) is 12.1. The Balaban J connectivity index is 2.56. The minimum atomic E-state index is -0.740. The van der Waals surface area contributed by atoms with Gasteiger partial charge in [0.15, 0.2) is 0 Å². The Kier molecular flexibility index (Phi) is 3.56. The van der Waals surface area contributed by atoms with Crippen LogP contribution < -0.4 is 4.90 Å². The molecule has 19 heavy (non-hydrogen) atoms. The predicted octanol–water partition coefficient (Wildman–Crippen LogP) is 3.37. The zero-order chi connectivity index (χ0) is 14.4. The molecule has 0 fully saturated rings. The molecule has 0 saturated carbocycles. The number of rotatable bonds is 1. The van der Waals surface area contributed by atoms with Gasteiger partial charge in [0.1, 0.15) is 5.25 Å². The number of carboxylic acid groups (broad SMARTS) is 1. The zero-order valence-corrected chi connectivity index (χ0v) is 12.9. The van der Waals surface area contributed by atoms with Crippen molar-refractivity contribution in [3.8, 4) is 0 Å². The van der Waals surface area contributed by atoms with Crippen molar-refractivity contribution in [3.05, 3.63) is 23.8 Å². The first kappa shape index (κ1) is 14.3. The van der Waals surface area contributed by atoms with E-state index in [-0.39, 0.29) is 11.5 Å². The fourth-order valence-corrected chi connectivity index (χ4v) is 3.76. The lowest BCUT2D eigenvalue weighted by Gasteiger charge is -2.40. The molecule has 4 heteroatoms. The molecule has 1 N–H and O–H groups in total. The number of hydrogen-bond donors (Lipinski definition) is 1. The molecule has 0 amide bonds. The smallest absolute Gasteiger partial charge is 0.319 e. The first-order valence-corrected chi connectivity index (χ1v) is 7.37. The van der Waals surface area contributed by atoms with E-state index in [1.165, 1.54) is 23.0 Å². The number of hydrogen-bond acceptors (Lipinski definition) is 3. The van der Waals surface area contributed by atoms with Gasteiger partial charge in [0.2, 0.25) is 0 Å². The van der Waals surface area contributed by atoms with Crippen LogP contribution in [0, 0.1) is 0 Å². The summed E-state index contributed by atoms with van der Waals surface area (Å²) >= 11 is 1.47. The lowest BCUT2D eigenvalue weighted by atomic mass is 9.85. The maximum absolute atomic E-state index is 11.4. The van der Waals surface area contributed by atoms with Gasteiger partial charge in [-0.1, -0.05) is 32.9 Å². The summed E-state index contributed by atoms with van der Waals surface area (Å²) in [5.74, 6) is -0.740. The predicted molar refractivity (Wildman–Crippen MR) is 80.3 cm³/mol. The van der Waals surface area contributed by atoms with Gasteiger partial charge in [-0.25, -0.2) is 0 Å². The first-order valence-electron chi connectivity index (χ1n) is 6.49. The number of para-hydroxylation sites is 1. The number of thioether (sulfide) groups is 1. The molecule has 2 unspecified atom stereocenters. The van der Waals surface area contributed by atoms with Crippen molar-refractivity contribution < 1.29 is 9.90 Å². The van der Waals surface area contributed by atoms with E-state index in [2.05, 4.69) is 31.7 Å². The van der Waals surface area contributed by atoms with E-state index in [0.717, 1.165) is 4.90 Å². The van der Waals surface area contributed by atoms with Gasteiger partial charge in [-0.2, -0.15) is 0 Å². The van der Waals surface area contributed by atoms with Gasteiger partial charge in [0.25, 0.3) is 0 Å². The van der Waals surface area contributed by atoms with E-state index in [4.69, 9.17) is 0 Å². The molecule has 1 aliphatic rings. The molecule has 1 aliphatic heterocycles. The van der Waals surface area contributed by atoms with Crippen LogP contribution in [0.15, 0.2) is 23.1 Å². The summed E-state index contributed by atoms with van der Waals surface area (Å²) in [6.45, 7) is 8.55. The number of anilines is 1. The Labute approximate surface area is 119 Å². The van der Waals surface area contributed by atoms with Crippen molar-refractivity contribution >= 4 is 23.4 Å². The molecule has 1 heterocycles. The highest BCUT2D eigenvalue weighted by molar-refractivity contribution is 8.01. The summed E-state index contributed by atoms with van der Waals surface area (Å²) in [5.41, 5.74) is 2.51. The number of benzene rings is 1. The highest BCUT2D eigenvalue weighted by atomic mass is 32.2. The van der Waals surface area contributed by atoms with Crippen LogP contribution in [0.25, 0.3) is 0 Å². The van der Waals surface area contributed by atoms with Crippen LogP contribution in [-0.2, 0) is 10.2 Å². The van der Waals surface area contributed by atoms with Crippen LogP contribution in [0.5, 0.6) is 0 Å². The van der Waals surface area contributed by atoms with Gasteiger partial charge in [-0.05, 0) is 24.0 Å². The number of fused-ring (bicyclic) bond motifs is 1. The molecule has 1 aromatic rings. The molecular weight excluding hydrogens is 258 g/mol. The molecule has 2 rings (SSSR count). The third-order valence-corrected chi connectivity index (χ3v) is 5.14. The van der Waals surface area contributed by atoms with Crippen LogP contribution in [-0.4, -0.2) is 29.4 Å². The van der Waals surface area contributed by atoms with Crippen LogP contribution in [0.2, 0.25) is 0 Å². The van der Waals surface area contributed by atoms with Crippen LogP contribution >= 0.6 is 11.8 Å². The average molecular weight is 279 g/mol. The Morgan fingerprint density at radius 3 is 2.53 bits per heavy atom. The number of carboxylic acids is 1. The SMILES string of the molecule is CC1C(C(=O)O)Sc2cccc(C(C)(C)C)c2N1C. The summed E-state index contributed by atoms with van der Waals surface area (Å²) in [5, 5.41) is 8.92. The summed E-state index contributed by atoms with van der Waals surface area (Å²) in [7, 11) is 1.99. The standard InChI is InChI=1S/C15H21NO2S/c1-9-13(14(17)18)19-11-8-6-7-10(15(2,3)4)12(11)16(9)5/h6-9,13H,1-5H3,(H,17,18). The topological polar surface area (TPSA) is 40.5 Å². The van der Waals surface area contributed by atoms with Crippen molar-refractivity contribution in [2.75, 3.05) is 11.9 Å². The Bertz CT molecular complexity index is 507. The monoisotopic (exact) mass is 279 g/mol. The van der Waals surface area contributed by atoms with E-state index < -0.39 is 11.2 Å². The molecule has 0 spiro atoms. The van der Waals surface area contributed by atoms with Gasteiger partial charge in [-0.15, -0.1) is 11.8 Å². The van der Waals surface area contributed by atoms with E-state index in [0.29, 0.717) is 0 Å². The lowest BCUT2D eigenvalue weighted by Crippen LogP contribution is -2.45. The van der Waals surface area contributed by atoms with Crippen LogP contribution in [0.4, 0.5) is 5.69 Å². The van der Waals surface area contributed by atoms with Gasteiger partial charge >= 0.3 is 5.97 Å². The molecular formula is C15H21NO2S. The van der Waals surface area contributed by atoms with Gasteiger partial charge in [-0.3, -0.25) is 4.79 Å². The maximum atomic E-state index is 11.4. The fraction of sp³-hybridized carbons (Fsp3) is 0.533. The third-order valence-electron chi connectivity index (χ3n) is 3.71. The van der Waals surface area contributed by atoms with Gasteiger partial charge in [0.05, 0.1) is 5.69 Å². The average Bonchev–Trinajstić information content (AvgIpc) is 2.31. The molecule has 0 saturated heterocycles. The van der Waals surface area contributed by atoms with Gasteiger partial charge in [0, 0.05) is 18.0 Å². The number of nitrogens with zero attached hydrogens (tertiary/aromatic N) is 1. The Morgan fingerprint density at radius 1 is 1.37 bits per heavy atom. The molecule has 1 aromatic carbocycles. The Morgan fingerprint density at radius 2 is 2.00 bits per heavy atom. The first-order chi connectivity index (χ1) is 8.73. The second-order valence-electron chi connectivity index (χ2n) is 6.13. The summed E-state index contributed by atoms with van der Waals surface area (Å²) in [6.07, 6.45) is 0. The van der Waals surface area contributed by atoms with Crippen LogP contribution in [0.1, 0.15) is 33.3 Å². The highest BCUT2D eigenvalue weighted by Gasteiger charge is 2.37. The normalized spacial score (nSPS) is 23.1. The highest BCUT2D eigenvalue weighted by Crippen LogP contribution is 2.45. The van der Waals surface area contributed by atoms with Crippen molar-refractivity contribution in [3.63, 3.8) is 0 Å². The Hall–Kier alpha value is -1.16. The second kappa shape index (κ2) is 4.75. The van der Waals surface area contributed by atoms with E-state index in [1.54, 1.807) is 0 Å². The van der Waals surface area contributed by atoms with Crippen molar-refractivity contribution in [1.82, 2.24) is 0 Å². The molecule has 0 radical (unpaired) electrons. The molecule has 2 atom stereocenters. The molecule has 0 bridgehead atoms. The molecule has 104 valence electrons. The second-order valence-corrected chi connectivity index (χ2v) is 7.31. The third kappa shape index (κ3) is 2.46.